The lowest BCUT2D eigenvalue weighted by atomic mass is 10.1. The molecule has 0 radical (unpaired) electrons. The Morgan fingerprint density at radius 2 is 1.75 bits per heavy atom. The minimum atomic E-state index is -0.494. The average Bonchev–Trinajstić information content (AvgIpc) is 2.48. The number of aryl methyl sites for hydroxylation is 1. The summed E-state index contributed by atoms with van der Waals surface area (Å²) < 4.78 is 1.01. The molecule has 2 rings (SSSR count). The van der Waals surface area contributed by atoms with Gasteiger partial charge in [-0.2, -0.15) is 0 Å². The number of nitrogens with one attached hydrogen (secondary N) is 1. The zero-order chi connectivity index (χ0) is 14.4. The van der Waals surface area contributed by atoms with Gasteiger partial charge in [0.25, 0.3) is 0 Å². The zero-order valence-electron chi connectivity index (χ0n) is 11.1. The van der Waals surface area contributed by atoms with Gasteiger partial charge in [0.2, 0.25) is 5.91 Å². The molecular weight excluding hydrogens is 363 g/mol. The number of rotatable bonds is 5. The van der Waals surface area contributed by atoms with Crippen LogP contribution < -0.4 is 11.1 Å². The Kier molecular flexibility index (Phi) is 5.55. The lowest BCUT2D eigenvalue weighted by molar-refractivity contribution is -0.117. The van der Waals surface area contributed by atoms with Gasteiger partial charge in [-0.05, 0) is 53.1 Å². The van der Waals surface area contributed by atoms with E-state index in [9.17, 15) is 4.79 Å². The molecule has 0 saturated carbocycles. The highest BCUT2D eigenvalue weighted by atomic mass is 127. The number of anilines is 1. The second-order valence-corrected chi connectivity index (χ2v) is 5.76. The van der Waals surface area contributed by atoms with Crippen LogP contribution in [0.3, 0.4) is 0 Å². The number of carbonyl (C=O) groups excluding carboxylic acids is 1. The van der Waals surface area contributed by atoms with Crippen molar-refractivity contribution in [2.75, 3.05) is 5.32 Å². The summed E-state index contributed by atoms with van der Waals surface area (Å²) in [5.41, 5.74) is 7.96. The number of benzene rings is 2. The summed E-state index contributed by atoms with van der Waals surface area (Å²) in [6.45, 7) is 0. The Morgan fingerprint density at radius 1 is 1.10 bits per heavy atom. The molecule has 0 aromatic heterocycles. The highest BCUT2D eigenvalue weighted by Crippen LogP contribution is 2.17. The SMILES string of the molecule is NC(CCc1ccccc1)C(=O)Nc1ccccc1I. The van der Waals surface area contributed by atoms with E-state index in [1.165, 1.54) is 5.56 Å². The first-order valence-corrected chi connectivity index (χ1v) is 7.59. The molecule has 1 atom stereocenters. The van der Waals surface area contributed by atoms with Gasteiger partial charge >= 0.3 is 0 Å². The van der Waals surface area contributed by atoms with Gasteiger partial charge in [-0.15, -0.1) is 0 Å². The van der Waals surface area contributed by atoms with E-state index < -0.39 is 6.04 Å². The first-order chi connectivity index (χ1) is 9.66. The average molecular weight is 380 g/mol. The molecule has 0 spiro atoms. The van der Waals surface area contributed by atoms with Crippen LogP contribution in [-0.2, 0) is 11.2 Å². The minimum Gasteiger partial charge on any atom is -0.324 e. The predicted molar refractivity (Wildman–Crippen MR) is 90.5 cm³/mol. The molecule has 0 aliphatic heterocycles. The quantitative estimate of drug-likeness (QED) is 0.783. The van der Waals surface area contributed by atoms with Gasteiger partial charge < -0.3 is 11.1 Å². The van der Waals surface area contributed by atoms with E-state index in [2.05, 4.69) is 27.9 Å². The van der Waals surface area contributed by atoms with Crippen molar-refractivity contribution in [2.24, 2.45) is 5.73 Å². The summed E-state index contributed by atoms with van der Waals surface area (Å²) in [5.74, 6) is -0.134. The van der Waals surface area contributed by atoms with Crippen molar-refractivity contribution >= 4 is 34.2 Å². The van der Waals surface area contributed by atoms with E-state index in [4.69, 9.17) is 5.73 Å². The third-order valence-electron chi connectivity index (χ3n) is 3.06. The topological polar surface area (TPSA) is 55.1 Å². The minimum absolute atomic E-state index is 0.134. The largest absolute Gasteiger partial charge is 0.324 e. The first-order valence-electron chi connectivity index (χ1n) is 6.51. The molecule has 0 bridgehead atoms. The van der Waals surface area contributed by atoms with Gasteiger partial charge in [0.15, 0.2) is 0 Å². The van der Waals surface area contributed by atoms with Crippen LogP contribution in [0.15, 0.2) is 54.6 Å². The molecule has 1 unspecified atom stereocenters. The Balaban J connectivity index is 1.88. The summed E-state index contributed by atoms with van der Waals surface area (Å²) in [5, 5.41) is 2.87. The molecule has 0 aliphatic carbocycles. The molecule has 0 saturated heterocycles. The molecule has 2 aromatic carbocycles. The molecule has 3 N–H and O–H groups in total. The molecule has 4 heteroatoms. The van der Waals surface area contributed by atoms with Crippen LogP contribution in [0.5, 0.6) is 0 Å². The Morgan fingerprint density at radius 3 is 2.45 bits per heavy atom. The number of hydrogen-bond acceptors (Lipinski definition) is 2. The normalized spacial score (nSPS) is 11.9. The second-order valence-electron chi connectivity index (χ2n) is 4.60. The van der Waals surface area contributed by atoms with Gasteiger partial charge in [0.1, 0.15) is 0 Å². The third kappa shape index (κ3) is 4.31. The molecule has 1 amide bonds. The number of nitrogens with two attached hydrogens (primary N) is 1. The van der Waals surface area contributed by atoms with Crippen molar-refractivity contribution in [3.63, 3.8) is 0 Å². The van der Waals surface area contributed by atoms with Crippen molar-refractivity contribution in [2.45, 2.75) is 18.9 Å². The Labute approximate surface area is 132 Å². The third-order valence-corrected chi connectivity index (χ3v) is 4.00. The van der Waals surface area contributed by atoms with Crippen LogP contribution in [-0.4, -0.2) is 11.9 Å². The number of hydrogen-bond donors (Lipinski definition) is 2. The number of halogens is 1. The van der Waals surface area contributed by atoms with E-state index in [-0.39, 0.29) is 5.91 Å². The Hall–Kier alpha value is -1.40. The highest BCUT2D eigenvalue weighted by Gasteiger charge is 2.14. The summed E-state index contributed by atoms with van der Waals surface area (Å²) in [7, 11) is 0. The number of amides is 1. The monoisotopic (exact) mass is 380 g/mol. The van der Waals surface area contributed by atoms with E-state index >= 15 is 0 Å². The predicted octanol–water partition coefficient (Wildman–Crippen LogP) is 3.19. The van der Waals surface area contributed by atoms with Crippen LogP contribution >= 0.6 is 22.6 Å². The van der Waals surface area contributed by atoms with Gasteiger partial charge in [0, 0.05) is 3.57 Å². The zero-order valence-corrected chi connectivity index (χ0v) is 13.2. The summed E-state index contributed by atoms with van der Waals surface area (Å²) in [6, 6.07) is 17.2. The fraction of sp³-hybridized carbons (Fsp3) is 0.188. The standard InChI is InChI=1S/C16H17IN2O/c17-13-8-4-5-9-15(13)19-16(20)14(18)11-10-12-6-2-1-3-7-12/h1-9,14H,10-11,18H2,(H,19,20). The lowest BCUT2D eigenvalue weighted by Gasteiger charge is -2.13. The van der Waals surface area contributed by atoms with Crippen molar-refractivity contribution in [3.05, 3.63) is 63.7 Å². The fourth-order valence-corrected chi connectivity index (χ4v) is 2.41. The van der Waals surface area contributed by atoms with Crippen molar-refractivity contribution < 1.29 is 4.79 Å². The van der Waals surface area contributed by atoms with Crippen molar-refractivity contribution in [1.29, 1.82) is 0 Å². The maximum absolute atomic E-state index is 12.0. The fourth-order valence-electron chi connectivity index (χ4n) is 1.89. The molecule has 104 valence electrons. The molecule has 20 heavy (non-hydrogen) atoms. The van der Waals surface area contributed by atoms with Crippen molar-refractivity contribution in [1.82, 2.24) is 0 Å². The number of para-hydroxylation sites is 1. The van der Waals surface area contributed by atoms with Gasteiger partial charge in [-0.25, -0.2) is 0 Å². The van der Waals surface area contributed by atoms with Gasteiger partial charge in [-0.1, -0.05) is 42.5 Å². The van der Waals surface area contributed by atoms with Gasteiger partial charge in [-0.3, -0.25) is 4.79 Å². The molecule has 0 heterocycles. The maximum Gasteiger partial charge on any atom is 0.241 e. The molecule has 3 nitrogen and oxygen atoms in total. The lowest BCUT2D eigenvalue weighted by Crippen LogP contribution is -2.36. The van der Waals surface area contributed by atoms with Crippen LogP contribution in [0.2, 0.25) is 0 Å². The summed E-state index contributed by atoms with van der Waals surface area (Å²) in [6.07, 6.45) is 1.45. The smallest absolute Gasteiger partial charge is 0.241 e. The summed E-state index contributed by atoms with van der Waals surface area (Å²) >= 11 is 2.19. The van der Waals surface area contributed by atoms with Crippen LogP contribution in [0.25, 0.3) is 0 Å². The maximum atomic E-state index is 12.0. The van der Waals surface area contributed by atoms with Crippen LogP contribution in [0.1, 0.15) is 12.0 Å². The van der Waals surface area contributed by atoms with E-state index in [0.29, 0.717) is 6.42 Å². The highest BCUT2D eigenvalue weighted by molar-refractivity contribution is 14.1. The van der Waals surface area contributed by atoms with E-state index in [1.807, 2.05) is 54.6 Å². The molecule has 0 aliphatic rings. The molecule has 2 aromatic rings. The molecule has 0 fully saturated rings. The first kappa shape index (κ1) is 15.0. The summed E-state index contributed by atoms with van der Waals surface area (Å²) in [4.78, 5) is 12.0. The van der Waals surface area contributed by atoms with Crippen molar-refractivity contribution in [3.8, 4) is 0 Å². The van der Waals surface area contributed by atoms with E-state index in [1.54, 1.807) is 0 Å². The van der Waals surface area contributed by atoms with Crippen LogP contribution in [0, 0.1) is 3.57 Å². The van der Waals surface area contributed by atoms with Gasteiger partial charge in [0.05, 0.1) is 11.7 Å². The number of carbonyl (C=O) groups is 1. The molecular formula is C16H17IN2O. The Bertz CT molecular complexity index is 572. The second kappa shape index (κ2) is 7.40. The van der Waals surface area contributed by atoms with E-state index in [0.717, 1.165) is 15.7 Å². The van der Waals surface area contributed by atoms with Crippen LogP contribution in [0.4, 0.5) is 5.69 Å².